The lowest BCUT2D eigenvalue weighted by Gasteiger charge is -2.12. The Kier molecular flexibility index (Phi) is 3.96. The summed E-state index contributed by atoms with van der Waals surface area (Å²) in [6.45, 7) is 1.69. The number of thiazole rings is 1. The highest BCUT2D eigenvalue weighted by molar-refractivity contribution is 7.92. The van der Waals surface area contributed by atoms with Gasteiger partial charge in [-0.2, -0.15) is 21.6 Å². The molecule has 1 N–H and O–H groups in total. The summed E-state index contributed by atoms with van der Waals surface area (Å²) >= 11 is 0.236. The molecule has 0 fully saturated rings. The van der Waals surface area contributed by atoms with Gasteiger partial charge in [0.05, 0.1) is 5.69 Å². The molecule has 10 heteroatoms. The van der Waals surface area contributed by atoms with Gasteiger partial charge in [-0.05, 0) is 18.6 Å². The maximum Gasteiger partial charge on any atom is 0.443 e. The first-order valence-corrected chi connectivity index (χ1v) is 8.93. The lowest BCUT2D eigenvalue weighted by atomic mass is 10.1. The number of nitrogens with zero attached hydrogens (tertiary/aromatic N) is 2. The number of pyridine rings is 1. The van der Waals surface area contributed by atoms with Gasteiger partial charge in [-0.15, -0.1) is 11.3 Å². The molecule has 0 unspecified atom stereocenters. The molecule has 0 aliphatic heterocycles. The molecule has 0 amide bonds. The molecule has 3 aromatic rings. The first-order valence-electron chi connectivity index (χ1n) is 6.57. The minimum atomic E-state index is -4.68. The molecular formula is C14H10F3N3O2S2. The van der Waals surface area contributed by atoms with E-state index < -0.39 is 26.2 Å². The van der Waals surface area contributed by atoms with Crippen molar-refractivity contribution in [3.8, 4) is 0 Å². The van der Waals surface area contributed by atoms with Crippen LogP contribution in [0.3, 0.4) is 0 Å². The Morgan fingerprint density at radius 2 is 1.96 bits per heavy atom. The molecular weight excluding hydrogens is 363 g/mol. The second kappa shape index (κ2) is 5.71. The monoisotopic (exact) mass is 373 g/mol. The number of halogens is 3. The number of hydrogen-bond acceptors (Lipinski definition) is 5. The van der Waals surface area contributed by atoms with Gasteiger partial charge in [0.1, 0.15) is 0 Å². The number of rotatable bonds is 3. The molecule has 2 heterocycles. The molecule has 0 saturated heterocycles. The van der Waals surface area contributed by atoms with Gasteiger partial charge in [0.25, 0.3) is 10.0 Å². The second-order valence-corrected chi connectivity index (χ2v) is 7.44. The molecule has 1 aromatic carbocycles. The molecule has 0 radical (unpaired) electrons. The summed E-state index contributed by atoms with van der Waals surface area (Å²) in [6.07, 6.45) is -1.61. The molecule has 0 atom stereocenters. The van der Waals surface area contributed by atoms with E-state index in [1.807, 2.05) is 0 Å². The van der Waals surface area contributed by atoms with Crippen LogP contribution in [0, 0.1) is 6.92 Å². The molecule has 2 aromatic heterocycles. The predicted molar refractivity (Wildman–Crippen MR) is 84.4 cm³/mol. The molecule has 5 nitrogen and oxygen atoms in total. The first-order chi connectivity index (χ1) is 11.2. The third kappa shape index (κ3) is 3.06. The quantitative estimate of drug-likeness (QED) is 0.758. The average molecular weight is 373 g/mol. The average Bonchev–Trinajstić information content (AvgIpc) is 3.01. The van der Waals surface area contributed by atoms with E-state index >= 15 is 0 Å². The fourth-order valence-corrected chi connectivity index (χ4v) is 4.23. The highest BCUT2D eigenvalue weighted by Gasteiger charge is 2.36. The molecule has 0 aliphatic carbocycles. The van der Waals surface area contributed by atoms with Gasteiger partial charge in [0.15, 0.2) is 10.0 Å². The number of fused-ring (bicyclic) bond motifs is 1. The van der Waals surface area contributed by atoms with Gasteiger partial charge >= 0.3 is 6.18 Å². The number of sulfonamides is 1. The second-order valence-electron chi connectivity index (χ2n) is 4.95. The van der Waals surface area contributed by atoms with Crippen molar-refractivity contribution < 1.29 is 21.6 Å². The lowest BCUT2D eigenvalue weighted by Crippen LogP contribution is -2.15. The maximum atomic E-state index is 12.6. The van der Waals surface area contributed by atoms with E-state index in [0.717, 1.165) is 5.38 Å². The van der Waals surface area contributed by atoms with Gasteiger partial charge < -0.3 is 0 Å². The molecule has 0 bridgehead atoms. The van der Waals surface area contributed by atoms with E-state index in [0.29, 0.717) is 16.3 Å². The van der Waals surface area contributed by atoms with E-state index in [9.17, 15) is 21.6 Å². The van der Waals surface area contributed by atoms with Crippen molar-refractivity contribution in [2.75, 3.05) is 4.72 Å². The largest absolute Gasteiger partial charge is 0.443 e. The van der Waals surface area contributed by atoms with Crippen molar-refractivity contribution in [2.45, 2.75) is 18.1 Å². The SMILES string of the molecule is Cc1ccc2cnccc2c1NS(=O)(=O)c1csc(C(F)(F)F)n1. The Hall–Kier alpha value is -2.20. The van der Waals surface area contributed by atoms with Crippen molar-refractivity contribution in [3.05, 3.63) is 46.5 Å². The molecule has 0 spiro atoms. The highest BCUT2D eigenvalue weighted by Crippen LogP contribution is 2.34. The summed E-state index contributed by atoms with van der Waals surface area (Å²) in [5.74, 6) is 0. The fourth-order valence-electron chi connectivity index (χ4n) is 2.11. The highest BCUT2D eigenvalue weighted by atomic mass is 32.2. The number of alkyl halides is 3. The maximum absolute atomic E-state index is 12.6. The normalized spacial score (nSPS) is 12.5. The zero-order valence-corrected chi connectivity index (χ0v) is 13.8. The van der Waals surface area contributed by atoms with Crippen LogP contribution in [-0.2, 0) is 16.2 Å². The smallest absolute Gasteiger partial charge is 0.277 e. The molecule has 0 aliphatic rings. The Morgan fingerprint density at radius 1 is 1.21 bits per heavy atom. The third-order valence-electron chi connectivity index (χ3n) is 3.27. The third-order valence-corrected chi connectivity index (χ3v) is 5.53. The summed E-state index contributed by atoms with van der Waals surface area (Å²) < 4.78 is 65.0. The Morgan fingerprint density at radius 3 is 2.62 bits per heavy atom. The molecule has 24 heavy (non-hydrogen) atoms. The lowest BCUT2D eigenvalue weighted by molar-refractivity contribution is -0.137. The van der Waals surface area contributed by atoms with Crippen molar-refractivity contribution in [2.24, 2.45) is 0 Å². The number of benzene rings is 1. The Balaban J connectivity index is 2.05. The first kappa shape index (κ1) is 16.7. The van der Waals surface area contributed by atoms with Crippen LogP contribution in [0.4, 0.5) is 18.9 Å². The number of aryl methyl sites for hydroxylation is 1. The summed E-state index contributed by atoms with van der Waals surface area (Å²) in [4.78, 5) is 7.15. The topological polar surface area (TPSA) is 72.0 Å². The van der Waals surface area contributed by atoms with E-state index in [1.165, 1.54) is 6.20 Å². The molecule has 126 valence electrons. The summed E-state index contributed by atoms with van der Waals surface area (Å²) in [5.41, 5.74) is 0.917. The van der Waals surface area contributed by atoms with Crippen molar-refractivity contribution >= 4 is 37.8 Å². The molecule has 3 rings (SSSR count). The van der Waals surface area contributed by atoms with E-state index in [-0.39, 0.29) is 17.0 Å². The zero-order chi connectivity index (χ0) is 17.5. The van der Waals surface area contributed by atoms with Crippen molar-refractivity contribution in [3.63, 3.8) is 0 Å². The zero-order valence-electron chi connectivity index (χ0n) is 12.1. The number of anilines is 1. The minimum absolute atomic E-state index is 0.236. The van der Waals surface area contributed by atoms with Crippen LogP contribution in [0.25, 0.3) is 10.8 Å². The van der Waals surface area contributed by atoms with Crippen LogP contribution in [0.1, 0.15) is 10.6 Å². The van der Waals surface area contributed by atoms with Crippen LogP contribution in [0.15, 0.2) is 41.0 Å². The van der Waals surface area contributed by atoms with Crippen LogP contribution >= 0.6 is 11.3 Å². The minimum Gasteiger partial charge on any atom is -0.277 e. The molecule has 0 saturated carbocycles. The van der Waals surface area contributed by atoms with Crippen LogP contribution in [0.2, 0.25) is 0 Å². The number of nitrogens with one attached hydrogen (secondary N) is 1. The summed E-state index contributed by atoms with van der Waals surface area (Å²) in [5, 5.41) is 0.301. The fraction of sp³-hybridized carbons (Fsp3) is 0.143. The van der Waals surface area contributed by atoms with Gasteiger partial charge in [0.2, 0.25) is 0 Å². The van der Waals surface area contributed by atoms with Crippen LogP contribution < -0.4 is 4.72 Å². The van der Waals surface area contributed by atoms with Crippen molar-refractivity contribution in [1.29, 1.82) is 0 Å². The number of hydrogen-bond donors (Lipinski definition) is 1. The van der Waals surface area contributed by atoms with E-state index in [4.69, 9.17) is 0 Å². The van der Waals surface area contributed by atoms with Gasteiger partial charge in [-0.3, -0.25) is 9.71 Å². The Bertz CT molecular complexity index is 1010. The summed E-state index contributed by atoms with van der Waals surface area (Å²) in [6, 6.07) is 5.10. The van der Waals surface area contributed by atoms with Crippen molar-refractivity contribution in [1.82, 2.24) is 9.97 Å². The van der Waals surface area contributed by atoms with Crippen LogP contribution in [-0.4, -0.2) is 18.4 Å². The van der Waals surface area contributed by atoms with Gasteiger partial charge in [0, 0.05) is 28.5 Å². The Labute approximate surface area is 139 Å². The van der Waals surface area contributed by atoms with E-state index in [1.54, 1.807) is 31.3 Å². The number of aromatic nitrogens is 2. The van der Waals surface area contributed by atoms with Gasteiger partial charge in [-0.1, -0.05) is 12.1 Å². The van der Waals surface area contributed by atoms with E-state index in [2.05, 4.69) is 14.7 Å². The summed E-state index contributed by atoms with van der Waals surface area (Å²) in [7, 11) is -4.24. The predicted octanol–water partition coefficient (Wildman–Crippen LogP) is 3.82. The standard InChI is InChI=1S/C14H10F3N3O2S2/c1-8-2-3-9-6-18-5-4-10(9)12(8)20-24(21,22)11-7-23-13(19-11)14(15,16)17/h2-7,20H,1H3. The van der Waals surface area contributed by atoms with Gasteiger partial charge in [-0.25, -0.2) is 4.98 Å². The van der Waals surface area contributed by atoms with Crippen LogP contribution in [0.5, 0.6) is 0 Å².